The number of carbonyl (C=O) groups excluding carboxylic acids is 2. The van der Waals surface area contributed by atoms with Crippen LogP contribution in [0.5, 0.6) is 0 Å². The van der Waals surface area contributed by atoms with Crippen LogP contribution in [0.25, 0.3) is 0 Å². The molecular weight excluding hydrogens is 521 g/mol. The summed E-state index contributed by atoms with van der Waals surface area (Å²) >= 11 is 12.5. The second kappa shape index (κ2) is 10.3. The van der Waals surface area contributed by atoms with Crippen molar-refractivity contribution in [2.75, 3.05) is 23.1 Å². The lowest BCUT2D eigenvalue weighted by atomic mass is 10.1. The Hall–Kier alpha value is -2.73. The minimum atomic E-state index is -4.16. The molecule has 0 bridgehead atoms. The molecule has 2 N–H and O–H groups in total. The van der Waals surface area contributed by atoms with E-state index in [2.05, 4.69) is 20.2 Å². The Kier molecular flexibility index (Phi) is 7.36. The summed E-state index contributed by atoms with van der Waals surface area (Å²) in [6.45, 7) is 1.27. The molecule has 0 spiro atoms. The Morgan fingerprint density at radius 1 is 0.971 bits per heavy atom. The van der Waals surface area contributed by atoms with Crippen molar-refractivity contribution in [2.45, 2.75) is 23.6 Å². The normalized spacial score (nSPS) is 14.0. The van der Waals surface area contributed by atoms with Gasteiger partial charge in [-0.1, -0.05) is 46.7 Å². The molecule has 0 aliphatic carbocycles. The molecule has 9 nitrogen and oxygen atoms in total. The standard InChI is InChI=1S/C21H19Cl2N5O4S2/c22-13-8-9-14(16(23)12-13)18(29)24-20-25-26-21(33-20)34(31,32)27-17-7-3-2-6-15(17)19(30)28-10-4-1-5-11-28/h2-3,6-9,12,27H,1,4-5,10-11H2,(H,24,25,29). The van der Waals surface area contributed by atoms with Crippen LogP contribution in [0.15, 0.2) is 46.8 Å². The molecule has 34 heavy (non-hydrogen) atoms. The maximum absolute atomic E-state index is 13.0. The summed E-state index contributed by atoms with van der Waals surface area (Å²) in [5, 5.41) is 10.4. The molecule has 1 fully saturated rings. The molecule has 2 aromatic carbocycles. The molecule has 13 heteroatoms. The average molecular weight is 540 g/mol. The zero-order chi connectivity index (χ0) is 24.3. The zero-order valence-corrected chi connectivity index (χ0v) is 20.8. The fraction of sp³-hybridized carbons (Fsp3) is 0.238. The van der Waals surface area contributed by atoms with Crippen LogP contribution in [0.2, 0.25) is 10.0 Å². The number of nitrogens with zero attached hydrogens (tertiary/aromatic N) is 3. The van der Waals surface area contributed by atoms with E-state index in [1.807, 2.05) is 0 Å². The molecule has 3 aromatic rings. The summed E-state index contributed by atoms with van der Waals surface area (Å²) in [5.41, 5.74) is 0.546. The van der Waals surface area contributed by atoms with Crippen LogP contribution in [-0.4, -0.2) is 48.4 Å². The van der Waals surface area contributed by atoms with E-state index in [9.17, 15) is 18.0 Å². The lowest BCUT2D eigenvalue weighted by Gasteiger charge is -2.27. The number of rotatable bonds is 6. The molecule has 2 amide bonds. The Bertz CT molecular complexity index is 1340. The van der Waals surface area contributed by atoms with Crippen LogP contribution in [-0.2, 0) is 10.0 Å². The number of carbonyl (C=O) groups is 2. The number of nitrogens with one attached hydrogen (secondary N) is 2. The van der Waals surface area contributed by atoms with Gasteiger partial charge in [0.05, 0.1) is 21.8 Å². The van der Waals surface area contributed by atoms with Crippen LogP contribution < -0.4 is 10.0 Å². The summed E-state index contributed by atoms with van der Waals surface area (Å²) in [6.07, 6.45) is 2.90. The number of para-hydroxylation sites is 1. The molecule has 0 radical (unpaired) electrons. The van der Waals surface area contributed by atoms with Gasteiger partial charge in [0.1, 0.15) is 0 Å². The van der Waals surface area contributed by atoms with E-state index < -0.39 is 15.9 Å². The molecule has 1 aliphatic rings. The highest BCUT2D eigenvalue weighted by Crippen LogP contribution is 2.27. The number of halogens is 2. The van der Waals surface area contributed by atoms with Gasteiger partial charge in [0.2, 0.25) is 5.13 Å². The summed E-state index contributed by atoms with van der Waals surface area (Å²) in [5.74, 6) is -0.824. The highest BCUT2D eigenvalue weighted by Gasteiger charge is 2.26. The highest BCUT2D eigenvalue weighted by atomic mass is 35.5. The van der Waals surface area contributed by atoms with E-state index in [1.54, 1.807) is 23.1 Å². The number of amides is 2. The lowest BCUT2D eigenvalue weighted by molar-refractivity contribution is 0.0725. The number of hydrogen-bond acceptors (Lipinski definition) is 7. The average Bonchev–Trinajstić information content (AvgIpc) is 3.29. The van der Waals surface area contributed by atoms with Crippen molar-refractivity contribution in [2.24, 2.45) is 0 Å². The Balaban J connectivity index is 1.51. The van der Waals surface area contributed by atoms with Crippen molar-refractivity contribution in [1.82, 2.24) is 15.1 Å². The highest BCUT2D eigenvalue weighted by molar-refractivity contribution is 7.94. The maximum Gasteiger partial charge on any atom is 0.291 e. The molecule has 0 saturated carbocycles. The Labute approximate surface area is 210 Å². The first-order valence-corrected chi connectivity index (χ1v) is 13.3. The van der Waals surface area contributed by atoms with E-state index in [4.69, 9.17) is 23.2 Å². The topological polar surface area (TPSA) is 121 Å². The number of benzene rings is 2. The molecule has 0 unspecified atom stereocenters. The van der Waals surface area contributed by atoms with Gasteiger partial charge in [-0.15, -0.1) is 10.2 Å². The van der Waals surface area contributed by atoms with E-state index in [1.165, 1.54) is 24.3 Å². The van der Waals surface area contributed by atoms with Crippen molar-refractivity contribution in [1.29, 1.82) is 0 Å². The predicted molar refractivity (Wildman–Crippen MR) is 131 cm³/mol. The van der Waals surface area contributed by atoms with Crippen molar-refractivity contribution in [3.05, 3.63) is 63.6 Å². The van der Waals surface area contributed by atoms with Gasteiger partial charge in [-0.05, 0) is 49.6 Å². The third-order valence-electron chi connectivity index (χ3n) is 5.08. The molecule has 1 saturated heterocycles. The second-order valence-corrected chi connectivity index (χ2v) is 11.1. The van der Waals surface area contributed by atoms with Crippen molar-refractivity contribution < 1.29 is 18.0 Å². The second-order valence-electron chi connectivity index (χ2n) is 7.46. The molecule has 4 rings (SSSR count). The van der Waals surface area contributed by atoms with Gasteiger partial charge in [0, 0.05) is 18.1 Å². The third kappa shape index (κ3) is 5.49. The van der Waals surface area contributed by atoms with Crippen molar-refractivity contribution >= 4 is 67.2 Å². The number of anilines is 2. The summed E-state index contributed by atoms with van der Waals surface area (Å²) in [6, 6.07) is 10.8. The van der Waals surface area contributed by atoms with E-state index >= 15 is 0 Å². The number of hydrogen-bond donors (Lipinski definition) is 2. The lowest BCUT2D eigenvalue weighted by Crippen LogP contribution is -2.36. The first-order valence-electron chi connectivity index (χ1n) is 10.3. The van der Waals surface area contributed by atoms with Gasteiger partial charge < -0.3 is 4.90 Å². The molecule has 0 atom stereocenters. The van der Waals surface area contributed by atoms with Gasteiger partial charge in [-0.25, -0.2) is 0 Å². The van der Waals surface area contributed by atoms with E-state index in [0.29, 0.717) is 29.4 Å². The summed E-state index contributed by atoms with van der Waals surface area (Å²) in [4.78, 5) is 27.1. The van der Waals surface area contributed by atoms with E-state index in [-0.39, 0.29) is 37.2 Å². The molecule has 1 aromatic heterocycles. The first-order chi connectivity index (χ1) is 16.2. The van der Waals surface area contributed by atoms with Gasteiger partial charge in [0.15, 0.2) is 0 Å². The number of piperidine rings is 1. The number of likely N-dealkylation sites (tertiary alicyclic amines) is 1. The fourth-order valence-corrected chi connectivity index (χ4v) is 5.89. The minimum Gasteiger partial charge on any atom is -0.339 e. The van der Waals surface area contributed by atoms with Gasteiger partial charge in [0.25, 0.3) is 26.2 Å². The molecular formula is C21H19Cl2N5O4S2. The molecule has 2 heterocycles. The van der Waals surface area contributed by atoms with Crippen LogP contribution >= 0.6 is 34.5 Å². The Morgan fingerprint density at radius 2 is 1.71 bits per heavy atom. The van der Waals surface area contributed by atoms with Crippen molar-refractivity contribution in [3.63, 3.8) is 0 Å². The van der Waals surface area contributed by atoms with Gasteiger partial charge in [-0.2, -0.15) is 8.42 Å². The fourth-order valence-electron chi connectivity index (χ4n) is 3.42. The van der Waals surface area contributed by atoms with Crippen molar-refractivity contribution in [3.8, 4) is 0 Å². The monoisotopic (exact) mass is 539 g/mol. The maximum atomic E-state index is 13.0. The number of aromatic nitrogens is 2. The SMILES string of the molecule is O=C(Nc1nnc(S(=O)(=O)Nc2ccccc2C(=O)N2CCCCC2)s1)c1ccc(Cl)cc1Cl. The smallest absolute Gasteiger partial charge is 0.291 e. The summed E-state index contributed by atoms with van der Waals surface area (Å²) < 4.78 is 27.9. The van der Waals surface area contributed by atoms with Crippen LogP contribution in [0.1, 0.15) is 40.0 Å². The quantitative estimate of drug-likeness (QED) is 0.444. The predicted octanol–water partition coefficient (Wildman–Crippen LogP) is 4.52. The van der Waals surface area contributed by atoms with Crippen LogP contribution in [0.3, 0.4) is 0 Å². The molecule has 178 valence electrons. The number of sulfonamides is 1. The van der Waals surface area contributed by atoms with Gasteiger partial charge >= 0.3 is 0 Å². The zero-order valence-electron chi connectivity index (χ0n) is 17.6. The largest absolute Gasteiger partial charge is 0.339 e. The van der Waals surface area contributed by atoms with Crippen LogP contribution in [0.4, 0.5) is 10.8 Å². The first kappa shape index (κ1) is 24.4. The Morgan fingerprint density at radius 3 is 2.44 bits per heavy atom. The van der Waals surface area contributed by atoms with E-state index in [0.717, 1.165) is 19.3 Å². The summed E-state index contributed by atoms with van der Waals surface area (Å²) in [7, 11) is -4.16. The van der Waals surface area contributed by atoms with Gasteiger partial charge in [-0.3, -0.25) is 19.6 Å². The molecule has 1 aliphatic heterocycles. The van der Waals surface area contributed by atoms with Crippen LogP contribution in [0, 0.1) is 0 Å². The minimum absolute atomic E-state index is 0.0333. The third-order valence-corrected chi connectivity index (χ3v) is 8.20.